The van der Waals surface area contributed by atoms with Crippen molar-refractivity contribution in [3.05, 3.63) is 114 Å². The monoisotopic (exact) mass is 443 g/mol. The molecular weight excluding hydrogens is 426 g/mol. The van der Waals surface area contributed by atoms with Crippen LogP contribution in [0.15, 0.2) is 114 Å². The lowest BCUT2D eigenvalue weighted by molar-refractivity contribution is 0.670. The lowest BCUT2D eigenvalue weighted by atomic mass is 10.0. The number of fused-ring (bicyclic) bond motifs is 6. The molecule has 0 amide bonds. The summed E-state index contributed by atoms with van der Waals surface area (Å²) < 4.78 is 8.53. The van der Waals surface area contributed by atoms with Crippen molar-refractivity contribution in [3.8, 4) is 16.8 Å². The maximum atomic E-state index is 6.38. The van der Waals surface area contributed by atoms with Gasteiger partial charge in [0.25, 0.3) is 0 Å². The van der Waals surface area contributed by atoms with Crippen LogP contribution in [0.2, 0.25) is 5.02 Å². The van der Waals surface area contributed by atoms with Gasteiger partial charge >= 0.3 is 0 Å². The van der Waals surface area contributed by atoms with Crippen molar-refractivity contribution >= 4 is 55.3 Å². The Bertz CT molecular complexity index is 1820. The molecule has 0 spiro atoms. The van der Waals surface area contributed by atoms with Crippen LogP contribution in [-0.4, -0.2) is 4.57 Å². The number of furan rings is 1. The van der Waals surface area contributed by atoms with Crippen molar-refractivity contribution in [1.82, 2.24) is 4.57 Å². The first-order chi connectivity index (χ1) is 16.3. The van der Waals surface area contributed by atoms with Crippen LogP contribution in [0.5, 0.6) is 0 Å². The lowest BCUT2D eigenvalue weighted by Gasteiger charge is -2.10. The quantitative estimate of drug-likeness (QED) is 0.260. The molecule has 0 fully saturated rings. The van der Waals surface area contributed by atoms with E-state index in [1.165, 1.54) is 16.3 Å². The molecule has 0 N–H and O–H groups in total. The Hall–Kier alpha value is -4.01. The van der Waals surface area contributed by atoms with E-state index in [1.54, 1.807) is 0 Å². The van der Waals surface area contributed by atoms with Crippen molar-refractivity contribution in [2.24, 2.45) is 0 Å². The molecule has 0 bridgehead atoms. The van der Waals surface area contributed by atoms with Crippen LogP contribution < -0.4 is 0 Å². The molecule has 0 saturated heterocycles. The largest absolute Gasteiger partial charge is 0.455 e. The van der Waals surface area contributed by atoms with Crippen LogP contribution in [-0.2, 0) is 0 Å². The predicted molar refractivity (Wildman–Crippen MR) is 139 cm³/mol. The second-order valence-electron chi connectivity index (χ2n) is 8.34. The third kappa shape index (κ3) is 2.75. The topological polar surface area (TPSA) is 18.1 Å². The highest BCUT2D eigenvalue weighted by Gasteiger charge is 2.14. The van der Waals surface area contributed by atoms with E-state index in [0.717, 1.165) is 49.3 Å². The van der Waals surface area contributed by atoms with Crippen molar-refractivity contribution in [3.63, 3.8) is 0 Å². The zero-order chi connectivity index (χ0) is 21.9. The van der Waals surface area contributed by atoms with Crippen molar-refractivity contribution < 1.29 is 4.42 Å². The van der Waals surface area contributed by atoms with Crippen molar-refractivity contribution in [2.45, 2.75) is 0 Å². The van der Waals surface area contributed by atoms with E-state index in [2.05, 4.69) is 89.5 Å². The second kappa shape index (κ2) is 6.99. The van der Waals surface area contributed by atoms with Gasteiger partial charge in [0, 0.05) is 37.8 Å². The molecule has 5 aromatic carbocycles. The van der Waals surface area contributed by atoms with Gasteiger partial charge in [0.2, 0.25) is 0 Å². The van der Waals surface area contributed by atoms with Crippen LogP contribution in [0.1, 0.15) is 0 Å². The molecule has 0 radical (unpaired) electrons. The van der Waals surface area contributed by atoms with Gasteiger partial charge in [-0.1, -0.05) is 84.4 Å². The molecule has 33 heavy (non-hydrogen) atoms. The number of para-hydroxylation sites is 3. The van der Waals surface area contributed by atoms with Gasteiger partial charge in [-0.05, 0) is 42.0 Å². The SMILES string of the molecule is Clc1ccc2c3ccccc3n(-c3ccc(-c4cccc5c4oc4ccccc45)cc3)c2c1. The van der Waals surface area contributed by atoms with E-state index in [0.29, 0.717) is 0 Å². The average molecular weight is 444 g/mol. The van der Waals surface area contributed by atoms with E-state index < -0.39 is 0 Å². The summed E-state index contributed by atoms with van der Waals surface area (Å²) in [7, 11) is 0. The Kier molecular flexibility index (Phi) is 3.93. The molecule has 0 saturated carbocycles. The molecule has 0 aliphatic rings. The van der Waals surface area contributed by atoms with Crippen LogP contribution in [0.25, 0.3) is 60.6 Å². The number of hydrogen-bond donors (Lipinski definition) is 0. The highest BCUT2D eigenvalue weighted by molar-refractivity contribution is 6.31. The highest BCUT2D eigenvalue weighted by atomic mass is 35.5. The first-order valence-corrected chi connectivity index (χ1v) is 11.4. The third-order valence-corrected chi connectivity index (χ3v) is 6.71. The van der Waals surface area contributed by atoms with Gasteiger partial charge in [-0.3, -0.25) is 0 Å². The van der Waals surface area contributed by atoms with Crippen LogP contribution in [0.4, 0.5) is 0 Å². The maximum Gasteiger partial charge on any atom is 0.143 e. The van der Waals surface area contributed by atoms with Gasteiger partial charge in [0.05, 0.1) is 11.0 Å². The Morgan fingerprint density at radius 1 is 0.576 bits per heavy atom. The molecule has 0 atom stereocenters. The van der Waals surface area contributed by atoms with Gasteiger partial charge < -0.3 is 8.98 Å². The second-order valence-corrected chi connectivity index (χ2v) is 8.78. The van der Waals surface area contributed by atoms with E-state index in [9.17, 15) is 0 Å². The maximum absolute atomic E-state index is 6.38. The summed E-state index contributed by atoms with van der Waals surface area (Å²) in [5.41, 5.74) is 7.44. The molecule has 0 unspecified atom stereocenters. The minimum Gasteiger partial charge on any atom is -0.455 e. The number of hydrogen-bond acceptors (Lipinski definition) is 1. The summed E-state index contributed by atoms with van der Waals surface area (Å²) in [5, 5.41) is 5.45. The molecule has 2 aromatic heterocycles. The number of aromatic nitrogens is 1. The highest BCUT2D eigenvalue weighted by Crippen LogP contribution is 2.37. The minimum absolute atomic E-state index is 0.736. The first-order valence-electron chi connectivity index (χ1n) is 11.0. The molecule has 2 nitrogen and oxygen atoms in total. The smallest absolute Gasteiger partial charge is 0.143 e. The Morgan fingerprint density at radius 2 is 1.30 bits per heavy atom. The normalized spacial score (nSPS) is 11.8. The van der Waals surface area contributed by atoms with Crippen LogP contribution in [0, 0.1) is 0 Å². The van der Waals surface area contributed by atoms with E-state index in [4.69, 9.17) is 16.0 Å². The summed E-state index contributed by atoms with van der Waals surface area (Å²) in [6, 6.07) is 37.8. The van der Waals surface area contributed by atoms with Gasteiger partial charge in [-0.25, -0.2) is 0 Å². The zero-order valence-corrected chi connectivity index (χ0v) is 18.4. The molecule has 0 aliphatic carbocycles. The third-order valence-electron chi connectivity index (χ3n) is 6.48. The summed E-state index contributed by atoms with van der Waals surface area (Å²) in [6.45, 7) is 0. The molecule has 0 aliphatic heterocycles. The first kappa shape index (κ1) is 18.6. The van der Waals surface area contributed by atoms with E-state index in [1.807, 2.05) is 24.3 Å². The summed E-state index contributed by atoms with van der Waals surface area (Å²) in [5.74, 6) is 0. The van der Waals surface area contributed by atoms with Gasteiger partial charge in [-0.15, -0.1) is 0 Å². The van der Waals surface area contributed by atoms with Gasteiger partial charge in [0.1, 0.15) is 11.2 Å². The summed E-state index contributed by atoms with van der Waals surface area (Å²) in [6.07, 6.45) is 0. The molecular formula is C30H18ClNO. The Labute approximate surface area is 195 Å². The summed E-state index contributed by atoms with van der Waals surface area (Å²) in [4.78, 5) is 0. The number of nitrogens with zero attached hydrogens (tertiary/aromatic N) is 1. The number of rotatable bonds is 2. The lowest BCUT2D eigenvalue weighted by Crippen LogP contribution is -1.93. The van der Waals surface area contributed by atoms with Crippen molar-refractivity contribution in [1.29, 1.82) is 0 Å². The van der Waals surface area contributed by atoms with Gasteiger partial charge in [-0.2, -0.15) is 0 Å². The van der Waals surface area contributed by atoms with Crippen molar-refractivity contribution in [2.75, 3.05) is 0 Å². The van der Waals surface area contributed by atoms with E-state index in [-0.39, 0.29) is 0 Å². The molecule has 156 valence electrons. The van der Waals surface area contributed by atoms with Gasteiger partial charge in [0.15, 0.2) is 0 Å². The fourth-order valence-corrected chi connectivity index (χ4v) is 5.15. The molecule has 7 rings (SSSR count). The predicted octanol–water partition coefficient (Wildman–Crippen LogP) is 9.00. The fourth-order valence-electron chi connectivity index (χ4n) is 4.99. The molecule has 2 heterocycles. The standard InChI is InChI=1S/C30H18ClNO/c31-20-14-17-24-23-6-1-3-10-27(23)32(28(24)18-20)21-15-12-19(13-16-21)22-8-5-9-26-25-7-2-4-11-29(25)33-30(22)26/h1-18H. The minimum atomic E-state index is 0.736. The Balaban J connectivity index is 1.42. The van der Waals surface area contributed by atoms with Crippen LogP contribution in [0.3, 0.4) is 0 Å². The van der Waals surface area contributed by atoms with E-state index >= 15 is 0 Å². The average Bonchev–Trinajstić information content (AvgIpc) is 3.39. The number of halogens is 1. The summed E-state index contributed by atoms with van der Waals surface area (Å²) >= 11 is 6.38. The fraction of sp³-hybridized carbons (Fsp3) is 0. The van der Waals surface area contributed by atoms with Crippen LogP contribution >= 0.6 is 11.6 Å². The molecule has 7 aromatic rings. The number of benzene rings is 5. The Morgan fingerprint density at radius 3 is 2.18 bits per heavy atom. The molecule has 3 heteroatoms. The zero-order valence-electron chi connectivity index (χ0n) is 17.6.